The van der Waals surface area contributed by atoms with Gasteiger partial charge in [-0.3, -0.25) is 4.79 Å². The Balaban J connectivity index is 0.00000288. The lowest BCUT2D eigenvalue weighted by molar-refractivity contribution is -0.137. The number of nitrogens with zero attached hydrogens (tertiary/aromatic N) is 1. The van der Waals surface area contributed by atoms with Gasteiger partial charge in [-0.05, 0) is 31.2 Å². The number of nitrogens with one attached hydrogen (secondary N) is 1. The molecule has 6 nitrogen and oxygen atoms in total. The summed E-state index contributed by atoms with van der Waals surface area (Å²) in [7, 11) is -1.98. The number of hydrogen-bond donors (Lipinski definition) is 1. The van der Waals surface area contributed by atoms with E-state index in [-0.39, 0.29) is 35.0 Å². The van der Waals surface area contributed by atoms with Crippen LogP contribution in [0.1, 0.15) is 13.8 Å². The van der Waals surface area contributed by atoms with E-state index in [1.165, 1.54) is 19.2 Å². The number of carbonyl (C=O) groups excluding carboxylic acids is 1. The molecule has 1 fully saturated rings. The number of methoxy groups -OCH3 is 1. The Morgan fingerprint density at radius 2 is 2.00 bits per heavy atom. The van der Waals surface area contributed by atoms with E-state index in [1.54, 1.807) is 24.0 Å². The fraction of sp³-hybridized carbons (Fsp3) is 0.562. The summed E-state index contributed by atoms with van der Waals surface area (Å²) in [6.07, 6.45) is 0. The van der Waals surface area contributed by atoms with Gasteiger partial charge in [-0.2, -0.15) is 0 Å². The Morgan fingerprint density at radius 3 is 2.54 bits per heavy atom. The third-order valence-corrected chi connectivity index (χ3v) is 6.02. The van der Waals surface area contributed by atoms with Gasteiger partial charge in [0.2, 0.25) is 5.91 Å². The summed E-state index contributed by atoms with van der Waals surface area (Å²) in [6, 6.07) is 6.33. The standard InChI is InChI=1S/C16H24N2O4S.ClH/c1-12(16(19)18-9-8-17-10-13(18)2)11-23(20,21)15-6-4-14(22-3)5-7-15;/h4-7,12-13,17H,8-11H2,1-3H3;1H/t12?,13-;/m1./s1. The largest absolute Gasteiger partial charge is 0.497 e. The minimum Gasteiger partial charge on any atom is -0.497 e. The van der Waals surface area contributed by atoms with Gasteiger partial charge in [0.05, 0.1) is 17.8 Å². The van der Waals surface area contributed by atoms with Crippen LogP contribution < -0.4 is 10.1 Å². The Hall–Kier alpha value is -1.31. The first-order valence-corrected chi connectivity index (χ1v) is 9.38. The van der Waals surface area contributed by atoms with Crippen molar-refractivity contribution in [2.75, 3.05) is 32.5 Å². The number of piperazine rings is 1. The minimum absolute atomic E-state index is 0. The molecule has 0 radical (unpaired) electrons. The number of benzene rings is 1. The SMILES string of the molecule is COc1ccc(S(=O)(=O)CC(C)C(=O)N2CCNC[C@H]2C)cc1.Cl. The highest BCUT2D eigenvalue weighted by Crippen LogP contribution is 2.20. The Bertz CT molecular complexity index is 649. The van der Waals surface area contributed by atoms with Crippen molar-refractivity contribution in [1.82, 2.24) is 10.2 Å². The molecule has 1 aliphatic rings. The van der Waals surface area contributed by atoms with Crippen LogP contribution in [-0.2, 0) is 14.6 Å². The van der Waals surface area contributed by atoms with E-state index in [4.69, 9.17) is 4.74 Å². The third-order valence-electron chi connectivity index (χ3n) is 4.09. The van der Waals surface area contributed by atoms with Gasteiger partial charge in [0.25, 0.3) is 0 Å². The molecule has 1 N–H and O–H groups in total. The van der Waals surface area contributed by atoms with Crippen LogP contribution in [0.4, 0.5) is 0 Å². The fourth-order valence-electron chi connectivity index (χ4n) is 2.73. The molecular weight excluding hydrogens is 352 g/mol. The van der Waals surface area contributed by atoms with Crippen LogP contribution in [0.3, 0.4) is 0 Å². The van der Waals surface area contributed by atoms with Gasteiger partial charge in [0.1, 0.15) is 5.75 Å². The van der Waals surface area contributed by atoms with Gasteiger partial charge >= 0.3 is 0 Å². The first-order chi connectivity index (χ1) is 10.8. The van der Waals surface area contributed by atoms with E-state index < -0.39 is 15.8 Å². The normalized spacial score (nSPS) is 19.3. The second-order valence-corrected chi connectivity index (χ2v) is 7.98. The number of amides is 1. The number of ether oxygens (including phenoxy) is 1. The zero-order valence-electron chi connectivity index (χ0n) is 14.2. The average molecular weight is 377 g/mol. The van der Waals surface area contributed by atoms with E-state index in [2.05, 4.69) is 5.32 Å². The summed E-state index contributed by atoms with van der Waals surface area (Å²) >= 11 is 0. The molecule has 0 saturated carbocycles. The topological polar surface area (TPSA) is 75.7 Å². The fourth-order valence-corrected chi connectivity index (χ4v) is 4.28. The van der Waals surface area contributed by atoms with Crippen LogP contribution >= 0.6 is 12.4 Å². The first kappa shape index (κ1) is 20.7. The molecule has 1 amide bonds. The second-order valence-electron chi connectivity index (χ2n) is 5.94. The lowest BCUT2D eigenvalue weighted by Crippen LogP contribution is -2.54. The Kier molecular flexibility index (Phi) is 7.51. The van der Waals surface area contributed by atoms with Gasteiger partial charge in [0.15, 0.2) is 9.84 Å². The molecule has 1 aromatic carbocycles. The second kappa shape index (κ2) is 8.69. The molecular formula is C16H25ClN2O4S. The Morgan fingerprint density at radius 1 is 1.38 bits per heavy atom. The molecule has 1 unspecified atom stereocenters. The number of hydrogen-bond acceptors (Lipinski definition) is 5. The highest BCUT2D eigenvalue weighted by molar-refractivity contribution is 7.91. The number of sulfone groups is 1. The van der Waals surface area contributed by atoms with Gasteiger partial charge in [0, 0.05) is 31.6 Å². The van der Waals surface area contributed by atoms with Crippen LogP contribution in [0.5, 0.6) is 5.75 Å². The number of carbonyl (C=O) groups is 1. The van der Waals surface area contributed by atoms with Crippen molar-refractivity contribution in [3.05, 3.63) is 24.3 Å². The summed E-state index contributed by atoms with van der Waals surface area (Å²) in [6.45, 7) is 5.75. The van der Waals surface area contributed by atoms with Gasteiger partial charge < -0.3 is 15.0 Å². The maximum Gasteiger partial charge on any atom is 0.226 e. The van der Waals surface area contributed by atoms with E-state index in [0.29, 0.717) is 12.3 Å². The smallest absolute Gasteiger partial charge is 0.226 e. The Labute approximate surface area is 149 Å². The lowest BCUT2D eigenvalue weighted by atomic mass is 10.1. The maximum absolute atomic E-state index is 12.5. The van der Waals surface area contributed by atoms with Gasteiger partial charge in [-0.15, -0.1) is 12.4 Å². The molecule has 1 saturated heterocycles. The molecule has 0 spiro atoms. The van der Waals surface area contributed by atoms with Crippen molar-refractivity contribution in [3.63, 3.8) is 0 Å². The maximum atomic E-state index is 12.5. The summed E-state index contributed by atoms with van der Waals surface area (Å²) < 4.78 is 30.0. The van der Waals surface area contributed by atoms with Crippen LogP contribution in [0.15, 0.2) is 29.2 Å². The van der Waals surface area contributed by atoms with Crippen molar-refractivity contribution in [2.24, 2.45) is 5.92 Å². The average Bonchev–Trinajstić information content (AvgIpc) is 2.54. The van der Waals surface area contributed by atoms with Crippen LogP contribution in [0.25, 0.3) is 0 Å². The van der Waals surface area contributed by atoms with Crippen molar-refractivity contribution in [1.29, 1.82) is 0 Å². The van der Waals surface area contributed by atoms with Crippen molar-refractivity contribution >= 4 is 28.2 Å². The minimum atomic E-state index is -3.50. The quantitative estimate of drug-likeness (QED) is 0.839. The van der Waals surface area contributed by atoms with E-state index in [9.17, 15) is 13.2 Å². The molecule has 0 aromatic heterocycles. The molecule has 1 aliphatic heterocycles. The third kappa shape index (κ3) is 4.84. The van der Waals surface area contributed by atoms with Crippen LogP contribution in [0.2, 0.25) is 0 Å². The molecule has 1 heterocycles. The molecule has 8 heteroatoms. The molecule has 2 atom stereocenters. The summed E-state index contributed by atoms with van der Waals surface area (Å²) in [5.74, 6) is -0.254. The highest BCUT2D eigenvalue weighted by atomic mass is 35.5. The van der Waals surface area contributed by atoms with Crippen LogP contribution in [-0.4, -0.2) is 57.8 Å². The van der Waals surface area contributed by atoms with Crippen molar-refractivity contribution in [3.8, 4) is 5.75 Å². The predicted molar refractivity (Wildman–Crippen MR) is 95.5 cm³/mol. The summed E-state index contributed by atoms with van der Waals surface area (Å²) in [5, 5.41) is 3.22. The van der Waals surface area contributed by atoms with E-state index in [0.717, 1.165) is 13.1 Å². The monoisotopic (exact) mass is 376 g/mol. The summed E-state index contributed by atoms with van der Waals surface area (Å²) in [5.41, 5.74) is 0. The number of halogens is 1. The van der Waals surface area contributed by atoms with Gasteiger partial charge in [-0.25, -0.2) is 8.42 Å². The molecule has 2 rings (SSSR count). The molecule has 0 bridgehead atoms. The molecule has 0 aliphatic carbocycles. The summed E-state index contributed by atoms with van der Waals surface area (Å²) in [4.78, 5) is 14.5. The van der Waals surface area contributed by atoms with E-state index in [1.807, 2.05) is 6.92 Å². The van der Waals surface area contributed by atoms with Crippen LogP contribution in [0, 0.1) is 5.92 Å². The van der Waals surface area contributed by atoms with Crippen molar-refractivity contribution in [2.45, 2.75) is 24.8 Å². The first-order valence-electron chi connectivity index (χ1n) is 7.73. The molecule has 136 valence electrons. The van der Waals surface area contributed by atoms with E-state index >= 15 is 0 Å². The van der Waals surface area contributed by atoms with Crippen molar-refractivity contribution < 1.29 is 17.9 Å². The molecule has 1 aromatic rings. The number of rotatable bonds is 5. The zero-order valence-corrected chi connectivity index (χ0v) is 15.8. The predicted octanol–water partition coefficient (Wildman–Crippen LogP) is 1.35. The van der Waals surface area contributed by atoms with Gasteiger partial charge in [-0.1, -0.05) is 6.92 Å². The highest BCUT2D eigenvalue weighted by Gasteiger charge is 2.30. The molecule has 24 heavy (non-hydrogen) atoms. The zero-order chi connectivity index (χ0) is 17.0. The lowest BCUT2D eigenvalue weighted by Gasteiger charge is -2.35.